The van der Waals surface area contributed by atoms with Gasteiger partial charge in [0.05, 0.1) is 18.2 Å². The molecule has 4 heteroatoms. The van der Waals surface area contributed by atoms with Crippen LogP contribution in [0.1, 0.15) is 57.5 Å². The summed E-state index contributed by atoms with van der Waals surface area (Å²) >= 11 is 0. The zero-order valence-corrected chi connectivity index (χ0v) is 10.5. The summed E-state index contributed by atoms with van der Waals surface area (Å²) < 4.78 is 4.67. The molecule has 18 heavy (non-hydrogen) atoms. The number of hydrogen-bond acceptors (Lipinski definition) is 3. The molecule has 2 rings (SSSR count). The summed E-state index contributed by atoms with van der Waals surface area (Å²) in [4.78, 5) is 22.9. The Labute approximate surface area is 106 Å². The Bertz CT molecular complexity index is 501. The van der Waals surface area contributed by atoms with Gasteiger partial charge >= 0.3 is 11.9 Å². The van der Waals surface area contributed by atoms with Crippen molar-refractivity contribution in [2.75, 3.05) is 7.11 Å². The smallest absolute Gasteiger partial charge is 0.337 e. The summed E-state index contributed by atoms with van der Waals surface area (Å²) in [6, 6.07) is 3.20. The van der Waals surface area contributed by atoms with Crippen molar-refractivity contribution in [1.82, 2.24) is 0 Å². The molecule has 1 aliphatic carbocycles. The molecule has 1 aromatic rings. The standard InChI is InChI=1S/C14H16O4/c1-3-10-11(8-4-5-8)6-9(14(17)18-2)7-12(10)13(15)16/h6-8H,3-5H2,1-2H3,(H,15,16). The lowest BCUT2D eigenvalue weighted by Gasteiger charge is -2.12. The highest BCUT2D eigenvalue weighted by Crippen LogP contribution is 2.43. The van der Waals surface area contributed by atoms with Gasteiger partial charge in [-0.05, 0) is 48.4 Å². The minimum Gasteiger partial charge on any atom is -0.478 e. The zero-order valence-electron chi connectivity index (χ0n) is 10.5. The van der Waals surface area contributed by atoms with Crippen LogP contribution in [0.15, 0.2) is 12.1 Å². The predicted molar refractivity (Wildman–Crippen MR) is 66.1 cm³/mol. The SMILES string of the molecule is CCc1c(C(=O)O)cc(C(=O)OC)cc1C1CC1. The monoisotopic (exact) mass is 248 g/mol. The average Bonchev–Trinajstić information content (AvgIpc) is 3.20. The van der Waals surface area contributed by atoms with Crippen LogP contribution in [0, 0.1) is 0 Å². The number of ether oxygens (including phenoxy) is 1. The topological polar surface area (TPSA) is 63.6 Å². The second kappa shape index (κ2) is 4.80. The van der Waals surface area contributed by atoms with Crippen LogP contribution in [0.4, 0.5) is 0 Å². The number of carboxylic acids is 1. The predicted octanol–water partition coefficient (Wildman–Crippen LogP) is 2.61. The van der Waals surface area contributed by atoms with E-state index >= 15 is 0 Å². The molecule has 0 saturated heterocycles. The summed E-state index contributed by atoms with van der Waals surface area (Å²) in [6.45, 7) is 1.94. The Balaban J connectivity index is 2.59. The molecule has 1 fully saturated rings. The first-order valence-electron chi connectivity index (χ1n) is 6.06. The van der Waals surface area contributed by atoms with Gasteiger partial charge in [0.15, 0.2) is 0 Å². The van der Waals surface area contributed by atoms with Crippen LogP contribution in [0.5, 0.6) is 0 Å². The largest absolute Gasteiger partial charge is 0.478 e. The number of aromatic carboxylic acids is 1. The van der Waals surface area contributed by atoms with Crippen molar-refractivity contribution in [1.29, 1.82) is 0 Å². The maximum atomic E-state index is 11.6. The molecule has 0 amide bonds. The number of benzene rings is 1. The fraction of sp³-hybridized carbons (Fsp3) is 0.429. The van der Waals surface area contributed by atoms with Gasteiger partial charge in [-0.15, -0.1) is 0 Å². The van der Waals surface area contributed by atoms with E-state index in [-0.39, 0.29) is 5.56 Å². The van der Waals surface area contributed by atoms with Crippen molar-refractivity contribution in [3.05, 3.63) is 34.4 Å². The Kier molecular flexibility index (Phi) is 3.36. The van der Waals surface area contributed by atoms with Crippen LogP contribution in [0.3, 0.4) is 0 Å². The van der Waals surface area contributed by atoms with Crippen LogP contribution in [0.2, 0.25) is 0 Å². The van der Waals surface area contributed by atoms with E-state index in [4.69, 9.17) is 0 Å². The number of hydrogen-bond donors (Lipinski definition) is 1. The summed E-state index contributed by atoms with van der Waals surface area (Å²) in [5.41, 5.74) is 2.40. The molecule has 4 nitrogen and oxygen atoms in total. The van der Waals surface area contributed by atoms with Gasteiger partial charge in [0.1, 0.15) is 0 Å². The highest BCUT2D eigenvalue weighted by Gasteiger charge is 2.29. The lowest BCUT2D eigenvalue weighted by Crippen LogP contribution is -2.10. The number of methoxy groups -OCH3 is 1. The first-order valence-corrected chi connectivity index (χ1v) is 6.06. The van der Waals surface area contributed by atoms with Gasteiger partial charge in [-0.3, -0.25) is 0 Å². The average molecular weight is 248 g/mol. The molecule has 0 bridgehead atoms. The van der Waals surface area contributed by atoms with Crippen molar-refractivity contribution in [3.8, 4) is 0 Å². The Morgan fingerprint density at radius 1 is 1.39 bits per heavy atom. The third kappa shape index (κ3) is 2.23. The highest BCUT2D eigenvalue weighted by molar-refractivity contribution is 5.96. The fourth-order valence-corrected chi connectivity index (χ4v) is 2.27. The van der Waals surface area contributed by atoms with E-state index in [0.29, 0.717) is 17.9 Å². The first kappa shape index (κ1) is 12.6. The van der Waals surface area contributed by atoms with Crippen LogP contribution < -0.4 is 0 Å². The molecule has 0 atom stereocenters. The molecular weight excluding hydrogens is 232 g/mol. The van der Waals surface area contributed by atoms with Gasteiger partial charge in [0.2, 0.25) is 0 Å². The number of carbonyl (C=O) groups excluding carboxylic acids is 1. The lowest BCUT2D eigenvalue weighted by molar-refractivity contribution is 0.0600. The maximum Gasteiger partial charge on any atom is 0.337 e. The minimum absolute atomic E-state index is 0.224. The third-order valence-electron chi connectivity index (χ3n) is 3.31. The van der Waals surface area contributed by atoms with E-state index in [1.54, 1.807) is 6.07 Å². The van der Waals surface area contributed by atoms with E-state index in [1.165, 1.54) is 13.2 Å². The van der Waals surface area contributed by atoms with Crippen molar-refractivity contribution < 1.29 is 19.4 Å². The fourth-order valence-electron chi connectivity index (χ4n) is 2.27. The molecule has 0 heterocycles. The van der Waals surface area contributed by atoms with E-state index in [1.807, 2.05) is 6.92 Å². The number of carbonyl (C=O) groups is 2. The molecule has 0 aliphatic heterocycles. The molecule has 96 valence electrons. The molecule has 0 aromatic heterocycles. The number of esters is 1. The van der Waals surface area contributed by atoms with E-state index < -0.39 is 11.9 Å². The van der Waals surface area contributed by atoms with E-state index in [2.05, 4.69) is 4.74 Å². The molecule has 0 spiro atoms. The molecule has 1 aliphatic rings. The second-order valence-corrected chi connectivity index (χ2v) is 4.52. The second-order valence-electron chi connectivity index (χ2n) is 4.52. The van der Waals surface area contributed by atoms with Gasteiger partial charge in [-0.25, -0.2) is 9.59 Å². The number of carboxylic acid groups (broad SMARTS) is 1. The first-order chi connectivity index (χ1) is 8.58. The maximum absolute atomic E-state index is 11.6. The third-order valence-corrected chi connectivity index (χ3v) is 3.31. The Morgan fingerprint density at radius 2 is 2.06 bits per heavy atom. The van der Waals surface area contributed by atoms with Gasteiger partial charge in [0.25, 0.3) is 0 Å². The normalized spacial score (nSPS) is 14.3. The van der Waals surface area contributed by atoms with Crippen LogP contribution in [-0.2, 0) is 11.2 Å². The van der Waals surface area contributed by atoms with Crippen LogP contribution >= 0.6 is 0 Å². The molecule has 1 saturated carbocycles. The molecular formula is C14H16O4. The van der Waals surface area contributed by atoms with Crippen LogP contribution in [-0.4, -0.2) is 24.2 Å². The van der Waals surface area contributed by atoms with Gasteiger partial charge in [0, 0.05) is 0 Å². The van der Waals surface area contributed by atoms with Crippen molar-refractivity contribution in [2.24, 2.45) is 0 Å². The summed E-state index contributed by atoms with van der Waals surface area (Å²) in [5.74, 6) is -1.07. The molecule has 1 N–H and O–H groups in total. The molecule has 0 radical (unpaired) electrons. The lowest BCUT2D eigenvalue weighted by atomic mass is 9.93. The zero-order chi connectivity index (χ0) is 13.3. The quantitative estimate of drug-likeness (QED) is 0.832. The van der Waals surface area contributed by atoms with Crippen molar-refractivity contribution in [3.63, 3.8) is 0 Å². The Hall–Kier alpha value is -1.84. The summed E-state index contributed by atoms with van der Waals surface area (Å²) in [5, 5.41) is 9.25. The highest BCUT2D eigenvalue weighted by atomic mass is 16.5. The summed E-state index contributed by atoms with van der Waals surface area (Å²) in [6.07, 6.45) is 2.79. The number of rotatable bonds is 4. The van der Waals surface area contributed by atoms with Gasteiger partial charge in [-0.2, -0.15) is 0 Å². The van der Waals surface area contributed by atoms with Gasteiger partial charge < -0.3 is 9.84 Å². The molecule has 0 unspecified atom stereocenters. The minimum atomic E-state index is -0.987. The van der Waals surface area contributed by atoms with Crippen molar-refractivity contribution in [2.45, 2.75) is 32.1 Å². The molecule has 1 aromatic carbocycles. The van der Waals surface area contributed by atoms with Crippen LogP contribution in [0.25, 0.3) is 0 Å². The van der Waals surface area contributed by atoms with Gasteiger partial charge in [-0.1, -0.05) is 6.92 Å². The summed E-state index contributed by atoms with van der Waals surface area (Å²) in [7, 11) is 1.30. The van der Waals surface area contributed by atoms with E-state index in [9.17, 15) is 14.7 Å². The van der Waals surface area contributed by atoms with E-state index in [0.717, 1.165) is 24.0 Å². The Morgan fingerprint density at radius 3 is 2.50 bits per heavy atom. The van der Waals surface area contributed by atoms with Crippen molar-refractivity contribution >= 4 is 11.9 Å².